The molecule has 0 saturated heterocycles. The summed E-state index contributed by atoms with van der Waals surface area (Å²) in [4.78, 5) is 20.8. The molecular formula is C11H10FN3O5S. The van der Waals surface area contributed by atoms with Crippen molar-refractivity contribution >= 4 is 21.9 Å². The van der Waals surface area contributed by atoms with Crippen LogP contribution >= 0.6 is 0 Å². The lowest BCUT2D eigenvalue weighted by Gasteiger charge is -2.08. The third-order valence-electron chi connectivity index (χ3n) is 2.24. The Bertz CT molecular complexity index is 711. The minimum Gasteiger partial charge on any atom is -0.480 e. The molecule has 0 atom stereocenters. The minimum absolute atomic E-state index is 0.601. The van der Waals surface area contributed by atoms with Gasteiger partial charge in [0, 0.05) is 0 Å². The predicted octanol–water partition coefficient (Wildman–Crippen LogP) is -0.824. The van der Waals surface area contributed by atoms with Crippen LogP contribution in [0.2, 0.25) is 0 Å². The number of nitriles is 1. The van der Waals surface area contributed by atoms with Crippen LogP contribution in [0.4, 0.5) is 4.39 Å². The van der Waals surface area contributed by atoms with Gasteiger partial charge in [-0.05, 0) is 12.1 Å². The molecule has 8 nitrogen and oxygen atoms in total. The van der Waals surface area contributed by atoms with Crippen LogP contribution in [0.3, 0.4) is 0 Å². The summed E-state index contributed by atoms with van der Waals surface area (Å²) in [5.74, 6) is -3.17. The van der Waals surface area contributed by atoms with E-state index in [9.17, 15) is 22.4 Å². The van der Waals surface area contributed by atoms with E-state index in [4.69, 9.17) is 10.4 Å². The zero-order valence-corrected chi connectivity index (χ0v) is 11.3. The number of carbonyl (C=O) groups is 2. The highest BCUT2D eigenvalue weighted by Gasteiger charge is 2.21. The number of benzene rings is 1. The summed E-state index contributed by atoms with van der Waals surface area (Å²) >= 11 is 0. The number of rotatable bonds is 6. The maximum Gasteiger partial charge on any atom is 0.322 e. The quantitative estimate of drug-likeness (QED) is 0.627. The summed E-state index contributed by atoms with van der Waals surface area (Å²) in [5.41, 5.74) is -0.670. The minimum atomic E-state index is -4.28. The molecule has 1 rings (SSSR count). The maximum atomic E-state index is 13.3. The number of carboxylic acid groups (broad SMARTS) is 1. The van der Waals surface area contributed by atoms with Crippen LogP contribution < -0.4 is 10.0 Å². The highest BCUT2D eigenvalue weighted by atomic mass is 32.2. The Kier molecular flexibility index (Phi) is 5.34. The van der Waals surface area contributed by atoms with Crippen LogP contribution in [0, 0.1) is 17.1 Å². The zero-order valence-electron chi connectivity index (χ0n) is 10.5. The Morgan fingerprint density at radius 2 is 2.00 bits per heavy atom. The molecule has 0 radical (unpaired) electrons. The number of carboxylic acids is 1. The molecule has 112 valence electrons. The molecule has 1 aromatic carbocycles. The lowest BCUT2D eigenvalue weighted by atomic mass is 10.2. The number of nitrogens with one attached hydrogen (secondary N) is 2. The third kappa shape index (κ3) is 4.51. The van der Waals surface area contributed by atoms with Gasteiger partial charge in [-0.2, -0.15) is 5.26 Å². The number of hydrogen-bond donors (Lipinski definition) is 3. The van der Waals surface area contributed by atoms with Gasteiger partial charge >= 0.3 is 5.97 Å². The molecule has 0 bridgehead atoms. The third-order valence-corrected chi connectivity index (χ3v) is 3.68. The Balaban J connectivity index is 2.84. The van der Waals surface area contributed by atoms with Crippen molar-refractivity contribution in [2.75, 3.05) is 13.1 Å². The fraction of sp³-hybridized carbons (Fsp3) is 0.182. The van der Waals surface area contributed by atoms with Gasteiger partial charge in [-0.25, -0.2) is 17.5 Å². The van der Waals surface area contributed by atoms with Crippen LogP contribution in [0.25, 0.3) is 0 Å². The zero-order chi connectivity index (χ0) is 16.0. The number of carbonyl (C=O) groups excluding carboxylic acids is 1. The average Bonchev–Trinajstić information content (AvgIpc) is 2.42. The van der Waals surface area contributed by atoms with Crippen LogP contribution in [0.1, 0.15) is 5.56 Å². The van der Waals surface area contributed by atoms with Gasteiger partial charge in [0.15, 0.2) is 0 Å². The Labute approximate surface area is 119 Å². The van der Waals surface area contributed by atoms with Gasteiger partial charge in [-0.1, -0.05) is 6.07 Å². The molecule has 0 fully saturated rings. The molecule has 1 amide bonds. The number of halogens is 1. The van der Waals surface area contributed by atoms with Crippen molar-refractivity contribution in [3.8, 4) is 6.07 Å². The Morgan fingerprint density at radius 3 is 2.57 bits per heavy atom. The lowest BCUT2D eigenvalue weighted by Crippen LogP contribution is -2.39. The molecule has 3 N–H and O–H groups in total. The van der Waals surface area contributed by atoms with E-state index in [2.05, 4.69) is 0 Å². The van der Waals surface area contributed by atoms with Gasteiger partial charge in [0.2, 0.25) is 15.9 Å². The monoisotopic (exact) mass is 315 g/mol. The first-order chi connectivity index (χ1) is 9.77. The van der Waals surface area contributed by atoms with Gasteiger partial charge in [0.05, 0.1) is 6.54 Å². The van der Waals surface area contributed by atoms with Gasteiger partial charge in [0.1, 0.15) is 28.9 Å². The van der Waals surface area contributed by atoms with Crippen LogP contribution in [0.15, 0.2) is 23.1 Å². The normalized spacial score (nSPS) is 10.7. The Morgan fingerprint density at radius 1 is 1.33 bits per heavy atom. The summed E-state index contributed by atoms with van der Waals surface area (Å²) < 4.78 is 38.9. The molecule has 0 aliphatic heterocycles. The predicted molar refractivity (Wildman–Crippen MR) is 66.9 cm³/mol. The van der Waals surface area contributed by atoms with Crippen molar-refractivity contribution in [3.63, 3.8) is 0 Å². The number of nitrogens with zero attached hydrogens (tertiary/aromatic N) is 1. The van der Waals surface area contributed by atoms with E-state index in [-0.39, 0.29) is 0 Å². The molecular weight excluding hydrogens is 305 g/mol. The number of aliphatic carboxylic acids is 1. The fourth-order valence-corrected chi connectivity index (χ4v) is 2.46. The van der Waals surface area contributed by atoms with E-state index in [0.29, 0.717) is 0 Å². The summed E-state index contributed by atoms with van der Waals surface area (Å²) in [7, 11) is -4.28. The summed E-state index contributed by atoms with van der Waals surface area (Å²) in [5, 5.41) is 19.0. The molecule has 0 aromatic heterocycles. The second-order valence-corrected chi connectivity index (χ2v) is 5.46. The summed E-state index contributed by atoms with van der Waals surface area (Å²) in [6.45, 7) is -1.40. The highest BCUT2D eigenvalue weighted by Crippen LogP contribution is 2.17. The second-order valence-electron chi connectivity index (χ2n) is 3.72. The fourth-order valence-electron chi connectivity index (χ4n) is 1.31. The van der Waals surface area contributed by atoms with Gasteiger partial charge in [-0.15, -0.1) is 0 Å². The van der Waals surface area contributed by atoms with Crippen LogP contribution in [-0.2, 0) is 19.6 Å². The molecule has 0 aliphatic carbocycles. The van der Waals surface area contributed by atoms with Gasteiger partial charge in [0.25, 0.3) is 0 Å². The molecule has 21 heavy (non-hydrogen) atoms. The lowest BCUT2D eigenvalue weighted by molar-refractivity contribution is -0.137. The molecule has 0 aliphatic rings. The van der Waals surface area contributed by atoms with Crippen LogP contribution in [-0.4, -0.2) is 38.5 Å². The standard InChI is InChI=1S/C11H10FN3O5S/c12-8-2-1-3-9(7(8)4-13)21(19,20)15-5-10(16)14-6-11(17)18/h1-3,15H,5-6H2,(H,14,16)(H,17,18). The number of amides is 1. The molecule has 0 saturated carbocycles. The van der Waals surface area contributed by atoms with Crippen molar-refractivity contribution in [1.82, 2.24) is 10.0 Å². The van der Waals surface area contributed by atoms with E-state index in [1.165, 1.54) is 6.07 Å². The number of sulfonamides is 1. The van der Waals surface area contributed by atoms with Crippen molar-refractivity contribution in [3.05, 3.63) is 29.6 Å². The van der Waals surface area contributed by atoms with E-state index in [1.54, 1.807) is 0 Å². The average molecular weight is 315 g/mol. The van der Waals surface area contributed by atoms with Crippen molar-refractivity contribution in [2.24, 2.45) is 0 Å². The second kappa shape index (κ2) is 6.78. The van der Waals surface area contributed by atoms with E-state index in [0.717, 1.165) is 18.2 Å². The molecule has 10 heteroatoms. The van der Waals surface area contributed by atoms with Crippen molar-refractivity contribution in [1.29, 1.82) is 5.26 Å². The first kappa shape index (κ1) is 16.5. The van der Waals surface area contributed by atoms with Crippen LogP contribution in [0.5, 0.6) is 0 Å². The maximum absolute atomic E-state index is 13.3. The van der Waals surface area contributed by atoms with Gasteiger partial charge < -0.3 is 10.4 Å². The van der Waals surface area contributed by atoms with Gasteiger partial charge in [-0.3, -0.25) is 9.59 Å². The highest BCUT2D eigenvalue weighted by molar-refractivity contribution is 7.89. The Hall–Kier alpha value is -2.51. The SMILES string of the molecule is N#Cc1c(F)cccc1S(=O)(=O)NCC(=O)NCC(=O)O. The van der Waals surface area contributed by atoms with Crippen molar-refractivity contribution < 1.29 is 27.5 Å². The number of hydrogen-bond acceptors (Lipinski definition) is 5. The van der Waals surface area contributed by atoms with Crippen molar-refractivity contribution in [2.45, 2.75) is 4.90 Å². The smallest absolute Gasteiger partial charge is 0.322 e. The molecule has 0 heterocycles. The first-order valence-corrected chi connectivity index (χ1v) is 6.93. The largest absolute Gasteiger partial charge is 0.480 e. The molecule has 0 unspecified atom stereocenters. The van der Waals surface area contributed by atoms with E-state index in [1.807, 2.05) is 10.0 Å². The molecule has 1 aromatic rings. The summed E-state index contributed by atoms with van der Waals surface area (Å²) in [6, 6.07) is 4.47. The van der Waals surface area contributed by atoms with E-state index >= 15 is 0 Å². The first-order valence-electron chi connectivity index (χ1n) is 5.44. The summed E-state index contributed by atoms with van der Waals surface area (Å²) in [6.07, 6.45) is 0. The van der Waals surface area contributed by atoms with E-state index < -0.39 is 51.3 Å². The molecule has 0 spiro atoms. The topological polar surface area (TPSA) is 136 Å².